The van der Waals surface area contributed by atoms with Crippen molar-refractivity contribution in [3.63, 3.8) is 0 Å². The number of aromatic carboxylic acids is 1. The first-order valence-electron chi connectivity index (χ1n) is 7.03. The number of allylic oxidation sites excluding steroid dienone is 2. The van der Waals surface area contributed by atoms with E-state index in [1.807, 2.05) is 6.92 Å². The Morgan fingerprint density at radius 3 is 2.27 bits per heavy atom. The lowest BCUT2D eigenvalue weighted by Crippen LogP contribution is -2.26. The van der Waals surface area contributed by atoms with Gasteiger partial charge in [0.15, 0.2) is 0 Å². The summed E-state index contributed by atoms with van der Waals surface area (Å²) in [7, 11) is 0. The zero-order valence-electron chi connectivity index (χ0n) is 12.6. The third kappa shape index (κ3) is 2.85. The molecule has 1 aromatic rings. The first kappa shape index (κ1) is 16.1. The predicted octanol–water partition coefficient (Wildman–Crippen LogP) is 2.78. The van der Waals surface area contributed by atoms with Crippen LogP contribution in [-0.2, 0) is 0 Å². The maximum atomic E-state index is 11.0. The third-order valence-corrected chi connectivity index (χ3v) is 4.23. The minimum Gasteiger partial charge on any atom is -0.507 e. The number of rotatable bonds is 3. The molecule has 0 aliphatic heterocycles. The van der Waals surface area contributed by atoms with Crippen molar-refractivity contribution >= 4 is 5.97 Å². The summed E-state index contributed by atoms with van der Waals surface area (Å²) in [5.41, 5.74) is 1.67. The van der Waals surface area contributed by atoms with Crippen molar-refractivity contribution in [3.05, 3.63) is 47.1 Å². The van der Waals surface area contributed by atoms with Crippen molar-refractivity contribution in [2.24, 2.45) is 5.92 Å². The summed E-state index contributed by atoms with van der Waals surface area (Å²) in [5.74, 6) is -2.27. The van der Waals surface area contributed by atoms with E-state index in [4.69, 9.17) is 5.11 Å². The van der Waals surface area contributed by atoms with Gasteiger partial charge in [0.05, 0.1) is 11.7 Å². The fourth-order valence-corrected chi connectivity index (χ4v) is 2.96. The Kier molecular flexibility index (Phi) is 4.28. The number of benzene rings is 1. The van der Waals surface area contributed by atoms with Crippen molar-refractivity contribution in [2.45, 2.75) is 32.3 Å². The topological polar surface area (TPSA) is 98.0 Å². The van der Waals surface area contributed by atoms with Gasteiger partial charge in [-0.15, -0.1) is 0 Å². The highest BCUT2D eigenvalue weighted by Crippen LogP contribution is 2.46. The highest BCUT2D eigenvalue weighted by Gasteiger charge is 2.33. The monoisotopic (exact) mass is 304 g/mol. The van der Waals surface area contributed by atoms with E-state index in [1.165, 1.54) is 0 Å². The lowest BCUT2D eigenvalue weighted by Gasteiger charge is -2.34. The molecule has 0 spiro atoms. The maximum absolute atomic E-state index is 11.0. The molecule has 0 bridgehead atoms. The van der Waals surface area contributed by atoms with Gasteiger partial charge in [-0.2, -0.15) is 0 Å². The Morgan fingerprint density at radius 2 is 1.82 bits per heavy atom. The highest BCUT2D eigenvalue weighted by molar-refractivity contribution is 5.89. The van der Waals surface area contributed by atoms with E-state index in [1.54, 1.807) is 13.0 Å². The van der Waals surface area contributed by atoms with Gasteiger partial charge in [0.25, 0.3) is 0 Å². The number of aliphatic hydroxyl groups excluding tert-OH is 1. The molecule has 0 aromatic heterocycles. The van der Waals surface area contributed by atoms with Gasteiger partial charge in [-0.05, 0) is 43.9 Å². The third-order valence-electron chi connectivity index (χ3n) is 4.23. The van der Waals surface area contributed by atoms with E-state index in [9.17, 15) is 20.1 Å². The normalized spacial score (nSPS) is 24.7. The lowest BCUT2D eigenvalue weighted by molar-refractivity contribution is 0.0696. The number of carbonyl (C=O) groups is 1. The van der Waals surface area contributed by atoms with Crippen LogP contribution in [0.1, 0.15) is 42.1 Å². The highest BCUT2D eigenvalue weighted by atomic mass is 16.4. The van der Waals surface area contributed by atoms with Crippen LogP contribution in [0.2, 0.25) is 0 Å². The van der Waals surface area contributed by atoms with E-state index in [-0.39, 0.29) is 34.5 Å². The molecule has 3 atom stereocenters. The molecule has 1 aromatic carbocycles. The Labute approximate surface area is 128 Å². The molecule has 5 nitrogen and oxygen atoms in total. The zero-order chi connectivity index (χ0) is 16.6. The van der Waals surface area contributed by atoms with E-state index in [0.717, 1.165) is 23.3 Å². The van der Waals surface area contributed by atoms with Crippen molar-refractivity contribution < 1.29 is 25.2 Å². The molecule has 0 heterocycles. The molecule has 4 N–H and O–H groups in total. The minimum atomic E-state index is -1.22. The van der Waals surface area contributed by atoms with Crippen LogP contribution < -0.4 is 0 Å². The Balaban J connectivity index is 2.57. The molecular weight excluding hydrogens is 284 g/mol. The molecule has 0 saturated carbocycles. The van der Waals surface area contributed by atoms with Crippen LogP contribution in [0.15, 0.2) is 35.9 Å². The molecule has 2 rings (SSSR count). The van der Waals surface area contributed by atoms with Gasteiger partial charge in [0.2, 0.25) is 0 Å². The Hall–Kier alpha value is -2.27. The summed E-state index contributed by atoms with van der Waals surface area (Å²) >= 11 is 0. The second-order valence-electron chi connectivity index (χ2n) is 5.87. The van der Waals surface area contributed by atoms with Crippen molar-refractivity contribution in [1.29, 1.82) is 0 Å². The molecule has 1 aliphatic carbocycles. The largest absolute Gasteiger partial charge is 0.507 e. The number of hydrogen-bond donors (Lipinski definition) is 4. The summed E-state index contributed by atoms with van der Waals surface area (Å²) < 4.78 is 0. The van der Waals surface area contributed by atoms with Gasteiger partial charge in [-0.1, -0.05) is 18.2 Å². The molecule has 0 saturated heterocycles. The smallest absolute Gasteiger partial charge is 0.335 e. The quantitative estimate of drug-likeness (QED) is 0.644. The van der Waals surface area contributed by atoms with E-state index < -0.39 is 12.1 Å². The summed E-state index contributed by atoms with van der Waals surface area (Å²) in [4.78, 5) is 11.0. The summed E-state index contributed by atoms with van der Waals surface area (Å²) in [6, 6.07) is 2.25. The van der Waals surface area contributed by atoms with Crippen LogP contribution in [0.5, 0.6) is 11.5 Å². The van der Waals surface area contributed by atoms with Crippen molar-refractivity contribution in [2.75, 3.05) is 0 Å². The van der Waals surface area contributed by atoms with Gasteiger partial charge >= 0.3 is 5.97 Å². The molecular formula is C17H20O5. The van der Waals surface area contributed by atoms with Gasteiger partial charge < -0.3 is 20.4 Å². The molecule has 0 fully saturated rings. The second kappa shape index (κ2) is 5.85. The van der Waals surface area contributed by atoms with E-state index >= 15 is 0 Å². The number of carboxylic acids is 1. The summed E-state index contributed by atoms with van der Waals surface area (Å²) in [6.45, 7) is 7.54. The Bertz CT molecular complexity index is 636. The zero-order valence-corrected chi connectivity index (χ0v) is 12.6. The molecule has 2 unspecified atom stereocenters. The molecule has 0 amide bonds. The number of aliphatic hydroxyl groups is 1. The predicted molar refractivity (Wildman–Crippen MR) is 82.2 cm³/mol. The van der Waals surface area contributed by atoms with E-state index in [2.05, 4.69) is 6.58 Å². The number of aromatic hydroxyl groups is 2. The maximum Gasteiger partial charge on any atom is 0.335 e. The number of carboxylic acid groups (broad SMARTS) is 1. The fourth-order valence-electron chi connectivity index (χ4n) is 2.96. The first-order chi connectivity index (χ1) is 10.2. The average molecular weight is 304 g/mol. The molecule has 1 aliphatic rings. The van der Waals surface area contributed by atoms with Crippen LogP contribution in [0.25, 0.3) is 0 Å². The summed E-state index contributed by atoms with van der Waals surface area (Å²) in [5, 5.41) is 39.3. The Morgan fingerprint density at radius 1 is 1.27 bits per heavy atom. The van der Waals surface area contributed by atoms with Crippen molar-refractivity contribution in [1.82, 2.24) is 0 Å². The van der Waals surface area contributed by atoms with E-state index in [0.29, 0.717) is 6.42 Å². The van der Waals surface area contributed by atoms with Crippen LogP contribution in [-0.4, -0.2) is 32.5 Å². The first-order valence-corrected chi connectivity index (χ1v) is 7.03. The number of hydrogen-bond acceptors (Lipinski definition) is 4. The van der Waals surface area contributed by atoms with Crippen LogP contribution in [0.4, 0.5) is 0 Å². The molecule has 0 radical (unpaired) electrons. The van der Waals surface area contributed by atoms with Crippen LogP contribution in [0, 0.1) is 5.92 Å². The lowest BCUT2D eigenvalue weighted by atomic mass is 9.72. The summed E-state index contributed by atoms with van der Waals surface area (Å²) in [6.07, 6.45) is 1.66. The van der Waals surface area contributed by atoms with Gasteiger partial charge in [0, 0.05) is 11.5 Å². The molecule has 5 heteroatoms. The minimum absolute atomic E-state index is 0.147. The van der Waals surface area contributed by atoms with Gasteiger partial charge in [-0.3, -0.25) is 0 Å². The van der Waals surface area contributed by atoms with Gasteiger partial charge in [0.1, 0.15) is 11.5 Å². The van der Waals surface area contributed by atoms with Crippen LogP contribution >= 0.6 is 0 Å². The molecule has 118 valence electrons. The number of phenolic OH excluding ortho intramolecular Hbond substituents is 2. The standard InChI is InChI=1S/C17H20O5/c1-8(2)11-7-13(18)9(3)4-12(11)16-14(19)5-10(17(21)22)6-15(16)20/h4-6,11-13,18-20H,1,7H2,2-3H3,(H,21,22)/t11-,12?,13?/m0/s1. The second-order valence-corrected chi connectivity index (χ2v) is 5.87. The van der Waals surface area contributed by atoms with Crippen LogP contribution in [0.3, 0.4) is 0 Å². The molecule has 22 heavy (non-hydrogen) atoms. The van der Waals surface area contributed by atoms with Gasteiger partial charge in [-0.25, -0.2) is 4.79 Å². The SMILES string of the molecule is C=C(C)[C@@H]1CC(O)C(C)=CC1c1c(O)cc(C(=O)O)cc1O. The number of phenols is 2. The fraction of sp³-hybridized carbons (Fsp3) is 0.353. The van der Waals surface area contributed by atoms with Crippen molar-refractivity contribution in [3.8, 4) is 11.5 Å². The average Bonchev–Trinajstić information content (AvgIpc) is 2.41.